The molecule has 0 aliphatic carbocycles. The van der Waals surface area contributed by atoms with Crippen LogP contribution in [0, 0.1) is 0 Å². The SMILES string of the molecule is CN=CC(=CN)c1ccc2nc(-c3cccnc3)nc(Nc3ccccc3C(C)N)c2c1. The van der Waals surface area contributed by atoms with Gasteiger partial charge in [-0.05, 0) is 48.4 Å². The molecule has 2 aromatic heterocycles. The summed E-state index contributed by atoms with van der Waals surface area (Å²) in [5.41, 5.74) is 17.3. The molecule has 1 atom stereocenters. The molecule has 4 aromatic rings. The highest BCUT2D eigenvalue weighted by atomic mass is 15.0. The average molecular weight is 424 g/mol. The minimum absolute atomic E-state index is 0.132. The van der Waals surface area contributed by atoms with Crippen molar-refractivity contribution < 1.29 is 0 Å². The molecule has 0 saturated heterocycles. The lowest BCUT2D eigenvalue weighted by atomic mass is 10.0. The number of nitrogens with zero attached hydrogens (tertiary/aromatic N) is 4. The number of anilines is 2. The molecular formula is C25H25N7. The fourth-order valence-corrected chi connectivity index (χ4v) is 3.52. The quantitative estimate of drug-likeness (QED) is 0.395. The molecule has 0 radical (unpaired) electrons. The topological polar surface area (TPSA) is 115 Å². The zero-order valence-corrected chi connectivity index (χ0v) is 18.0. The number of aromatic nitrogens is 3. The number of allylic oxidation sites excluding steroid dienone is 1. The van der Waals surface area contributed by atoms with Crippen LogP contribution >= 0.6 is 0 Å². The zero-order valence-electron chi connectivity index (χ0n) is 18.0. The highest BCUT2D eigenvalue weighted by Gasteiger charge is 2.14. The van der Waals surface area contributed by atoms with Gasteiger partial charge >= 0.3 is 0 Å². The number of nitrogens with one attached hydrogen (secondary N) is 1. The van der Waals surface area contributed by atoms with Crippen molar-refractivity contribution in [1.29, 1.82) is 0 Å². The maximum absolute atomic E-state index is 6.20. The lowest BCUT2D eigenvalue weighted by Gasteiger charge is -2.16. The molecule has 0 aliphatic heterocycles. The minimum atomic E-state index is -0.132. The van der Waals surface area contributed by atoms with E-state index < -0.39 is 0 Å². The van der Waals surface area contributed by atoms with Gasteiger partial charge in [0.05, 0.1) is 5.52 Å². The van der Waals surface area contributed by atoms with E-state index in [1.165, 1.54) is 6.20 Å². The van der Waals surface area contributed by atoms with E-state index in [2.05, 4.69) is 15.3 Å². The van der Waals surface area contributed by atoms with Crippen LogP contribution in [0.15, 0.2) is 78.2 Å². The Bertz CT molecular complexity index is 1290. The maximum atomic E-state index is 6.20. The van der Waals surface area contributed by atoms with Gasteiger partial charge in [-0.1, -0.05) is 24.3 Å². The summed E-state index contributed by atoms with van der Waals surface area (Å²) in [5, 5.41) is 4.35. The Kier molecular flexibility index (Phi) is 6.19. The fourth-order valence-electron chi connectivity index (χ4n) is 3.52. The van der Waals surface area contributed by atoms with Gasteiger partial charge in [-0.25, -0.2) is 9.97 Å². The highest BCUT2D eigenvalue weighted by molar-refractivity contribution is 6.11. The van der Waals surface area contributed by atoms with Crippen molar-refractivity contribution in [2.45, 2.75) is 13.0 Å². The molecule has 0 fully saturated rings. The number of nitrogens with two attached hydrogens (primary N) is 2. The molecule has 2 aromatic carbocycles. The molecule has 0 bridgehead atoms. The third-order valence-corrected chi connectivity index (χ3v) is 5.10. The fraction of sp³-hybridized carbons (Fsp3) is 0.120. The first kappa shape index (κ1) is 21.1. The average Bonchev–Trinajstić information content (AvgIpc) is 2.83. The van der Waals surface area contributed by atoms with Crippen LogP contribution in [0.4, 0.5) is 11.5 Å². The van der Waals surface area contributed by atoms with E-state index in [4.69, 9.17) is 21.4 Å². The first-order valence-corrected chi connectivity index (χ1v) is 10.3. The van der Waals surface area contributed by atoms with Gasteiger partial charge in [-0.15, -0.1) is 0 Å². The van der Waals surface area contributed by atoms with Crippen molar-refractivity contribution in [2.24, 2.45) is 16.5 Å². The van der Waals surface area contributed by atoms with Crippen LogP contribution in [-0.2, 0) is 0 Å². The molecule has 0 saturated carbocycles. The molecule has 0 spiro atoms. The second-order valence-electron chi connectivity index (χ2n) is 7.38. The number of para-hydroxylation sites is 1. The van der Waals surface area contributed by atoms with E-state index in [1.54, 1.807) is 25.7 Å². The second-order valence-corrected chi connectivity index (χ2v) is 7.38. The van der Waals surface area contributed by atoms with E-state index >= 15 is 0 Å². The van der Waals surface area contributed by atoms with Crippen molar-refractivity contribution >= 4 is 34.2 Å². The third-order valence-electron chi connectivity index (χ3n) is 5.10. The van der Waals surface area contributed by atoms with Gasteiger partial charge in [0.1, 0.15) is 5.82 Å². The number of hydrogen-bond donors (Lipinski definition) is 3. The van der Waals surface area contributed by atoms with Gasteiger partial charge < -0.3 is 16.8 Å². The van der Waals surface area contributed by atoms with E-state index in [0.717, 1.165) is 38.9 Å². The summed E-state index contributed by atoms with van der Waals surface area (Å²) in [4.78, 5) is 17.9. The molecule has 7 nitrogen and oxygen atoms in total. The zero-order chi connectivity index (χ0) is 22.5. The van der Waals surface area contributed by atoms with E-state index in [1.807, 2.05) is 61.5 Å². The summed E-state index contributed by atoms with van der Waals surface area (Å²) < 4.78 is 0. The Hall–Kier alpha value is -4.10. The number of hydrogen-bond acceptors (Lipinski definition) is 7. The summed E-state index contributed by atoms with van der Waals surface area (Å²) in [7, 11) is 1.71. The minimum Gasteiger partial charge on any atom is -0.404 e. The Morgan fingerprint density at radius 3 is 2.66 bits per heavy atom. The van der Waals surface area contributed by atoms with E-state index in [9.17, 15) is 0 Å². The molecule has 7 heteroatoms. The smallest absolute Gasteiger partial charge is 0.163 e. The lowest BCUT2D eigenvalue weighted by molar-refractivity contribution is 0.820. The molecule has 0 amide bonds. The normalized spacial score (nSPS) is 12.9. The number of fused-ring (bicyclic) bond motifs is 1. The van der Waals surface area contributed by atoms with Gasteiger partial charge in [-0.2, -0.15) is 0 Å². The summed E-state index contributed by atoms with van der Waals surface area (Å²) in [6.07, 6.45) is 6.75. The first-order valence-electron chi connectivity index (χ1n) is 10.3. The van der Waals surface area contributed by atoms with Crippen LogP contribution in [0.1, 0.15) is 24.1 Å². The number of aliphatic imine (C=N–C) groups is 1. The van der Waals surface area contributed by atoms with Gasteiger partial charge in [0.25, 0.3) is 0 Å². The predicted molar refractivity (Wildman–Crippen MR) is 132 cm³/mol. The predicted octanol–water partition coefficient (Wildman–Crippen LogP) is 4.46. The largest absolute Gasteiger partial charge is 0.404 e. The number of pyridine rings is 1. The van der Waals surface area contributed by atoms with Crippen molar-refractivity contribution in [2.75, 3.05) is 12.4 Å². The third kappa shape index (κ3) is 4.33. The van der Waals surface area contributed by atoms with Gasteiger partial charge in [-0.3, -0.25) is 9.98 Å². The van der Waals surface area contributed by atoms with Crippen molar-refractivity contribution in [1.82, 2.24) is 15.0 Å². The van der Waals surface area contributed by atoms with Crippen LogP contribution in [0.3, 0.4) is 0 Å². The molecule has 4 rings (SSSR count). The molecule has 5 N–H and O–H groups in total. The first-order chi connectivity index (χ1) is 15.6. The van der Waals surface area contributed by atoms with Gasteiger partial charge in [0, 0.05) is 60.1 Å². The number of benzene rings is 2. The lowest BCUT2D eigenvalue weighted by Crippen LogP contribution is -2.09. The monoisotopic (exact) mass is 423 g/mol. The van der Waals surface area contributed by atoms with Crippen molar-refractivity contribution in [3.63, 3.8) is 0 Å². The molecular weight excluding hydrogens is 398 g/mol. The Balaban J connectivity index is 1.92. The standard InChI is InChI=1S/C25H25N7/c1-16(27)20-7-3-4-8-22(20)31-25-21-12-17(19(13-26)14-28-2)9-10-23(21)30-24(32-25)18-6-5-11-29-15-18/h3-16H,26-27H2,1-2H3,(H,30,31,32). The molecule has 160 valence electrons. The Morgan fingerprint density at radius 2 is 1.94 bits per heavy atom. The summed E-state index contributed by atoms with van der Waals surface area (Å²) >= 11 is 0. The van der Waals surface area contributed by atoms with Crippen LogP contribution in [0.2, 0.25) is 0 Å². The summed E-state index contributed by atoms with van der Waals surface area (Å²) in [5.74, 6) is 1.26. The van der Waals surface area contributed by atoms with Crippen molar-refractivity contribution in [3.8, 4) is 11.4 Å². The van der Waals surface area contributed by atoms with Gasteiger partial charge in [0.15, 0.2) is 5.82 Å². The Labute approximate surface area is 187 Å². The van der Waals surface area contributed by atoms with Crippen LogP contribution in [-0.4, -0.2) is 28.2 Å². The molecule has 0 aliphatic rings. The Morgan fingerprint density at radius 1 is 1.09 bits per heavy atom. The molecule has 1 unspecified atom stereocenters. The van der Waals surface area contributed by atoms with Gasteiger partial charge in [0.2, 0.25) is 0 Å². The highest BCUT2D eigenvalue weighted by Crippen LogP contribution is 2.31. The molecule has 32 heavy (non-hydrogen) atoms. The second kappa shape index (κ2) is 9.36. The van der Waals surface area contributed by atoms with E-state index in [-0.39, 0.29) is 6.04 Å². The summed E-state index contributed by atoms with van der Waals surface area (Å²) in [6.45, 7) is 1.96. The number of rotatable bonds is 6. The maximum Gasteiger partial charge on any atom is 0.163 e. The summed E-state index contributed by atoms with van der Waals surface area (Å²) in [6, 6.07) is 17.6. The molecule has 2 heterocycles. The van der Waals surface area contributed by atoms with Crippen LogP contribution < -0.4 is 16.8 Å². The van der Waals surface area contributed by atoms with Crippen LogP contribution in [0.5, 0.6) is 0 Å². The van der Waals surface area contributed by atoms with E-state index in [0.29, 0.717) is 11.6 Å². The van der Waals surface area contributed by atoms with Crippen LogP contribution in [0.25, 0.3) is 27.9 Å². The van der Waals surface area contributed by atoms with Crippen molar-refractivity contribution in [3.05, 3.63) is 84.3 Å².